The van der Waals surface area contributed by atoms with E-state index < -0.39 is 0 Å². The molecule has 0 aliphatic carbocycles. The molecule has 1 atom stereocenters. The van der Waals surface area contributed by atoms with Crippen molar-refractivity contribution >= 4 is 17.5 Å². The lowest BCUT2D eigenvalue weighted by Crippen LogP contribution is -2.40. The van der Waals surface area contributed by atoms with Gasteiger partial charge in [-0.3, -0.25) is 9.59 Å². The zero-order valence-electron chi connectivity index (χ0n) is 13.1. The third-order valence-corrected chi connectivity index (χ3v) is 3.83. The number of nitrogens with zero attached hydrogens (tertiary/aromatic N) is 1. The Balaban J connectivity index is 1.90. The number of piperidine rings is 1. The maximum absolute atomic E-state index is 12.1. The van der Waals surface area contributed by atoms with E-state index in [9.17, 15) is 9.59 Å². The van der Waals surface area contributed by atoms with Crippen LogP contribution in [0.2, 0.25) is 0 Å². The molecule has 1 aliphatic rings. The fraction of sp³-hybridized carbons (Fsp3) is 0.529. The average molecular weight is 288 g/mol. The number of likely N-dealkylation sites (tertiary alicyclic amines) is 1. The summed E-state index contributed by atoms with van der Waals surface area (Å²) in [5.41, 5.74) is 2.96. The minimum absolute atomic E-state index is 0.0663. The molecule has 1 fully saturated rings. The number of aryl methyl sites for hydroxylation is 2. The van der Waals surface area contributed by atoms with E-state index in [2.05, 4.69) is 18.3 Å². The number of carbonyl (C=O) groups excluding carboxylic acids is 2. The Morgan fingerprint density at radius 1 is 1.24 bits per heavy atom. The number of hydrogen-bond donors (Lipinski definition) is 1. The van der Waals surface area contributed by atoms with Crippen molar-refractivity contribution in [1.29, 1.82) is 0 Å². The number of amides is 2. The van der Waals surface area contributed by atoms with Crippen molar-refractivity contribution in [2.45, 2.75) is 40.0 Å². The van der Waals surface area contributed by atoms with Gasteiger partial charge in [-0.15, -0.1) is 0 Å². The van der Waals surface area contributed by atoms with Gasteiger partial charge >= 0.3 is 0 Å². The second-order valence-corrected chi connectivity index (χ2v) is 6.19. The summed E-state index contributed by atoms with van der Waals surface area (Å²) in [4.78, 5) is 26.0. The average Bonchev–Trinajstić information content (AvgIpc) is 2.37. The van der Waals surface area contributed by atoms with Gasteiger partial charge < -0.3 is 10.2 Å². The van der Waals surface area contributed by atoms with Crippen LogP contribution in [0.3, 0.4) is 0 Å². The summed E-state index contributed by atoms with van der Waals surface area (Å²) in [6, 6.07) is 5.88. The molecule has 2 amide bonds. The summed E-state index contributed by atoms with van der Waals surface area (Å²) in [5.74, 6) is 0.233. The Labute approximate surface area is 126 Å². The minimum Gasteiger partial charge on any atom is -0.342 e. The molecule has 0 radical (unpaired) electrons. The van der Waals surface area contributed by atoms with Gasteiger partial charge in [0.15, 0.2) is 0 Å². The molecule has 4 nitrogen and oxygen atoms in total. The first-order chi connectivity index (χ1) is 9.94. The summed E-state index contributed by atoms with van der Waals surface area (Å²) in [6.07, 6.45) is 2.13. The number of anilines is 1. The Morgan fingerprint density at radius 3 is 2.52 bits per heavy atom. The molecule has 0 saturated carbocycles. The summed E-state index contributed by atoms with van der Waals surface area (Å²) >= 11 is 0. The molecule has 114 valence electrons. The topological polar surface area (TPSA) is 49.4 Å². The maximum Gasteiger partial charge on any atom is 0.233 e. The molecular formula is C17H24N2O2. The van der Waals surface area contributed by atoms with Crippen LogP contribution in [0.4, 0.5) is 5.69 Å². The van der Waals surface area contributed by atoms with Crippen LogP contribution in [0.1, 0.15) is 37.3 Å². The van der Waals surface area contributed by atoms with Crippen LogP contribution >= 0.6 is 0 Å². The lowest BCUT2D eigenvalue weighted by atomic mass is 10.00. The van der Waals surface area contributed by atoms with Crippen molar-refractivity contribution in [3.8, 4) is 0 Å². The second-order valence-electron chi connectivity index (χ2n) is 6.19. The van der Waals surface area contributed by atoms with Gasteiger partial charge in [-0.05, 0) is 55.9 Å². The van der Waals surface area contributed by atoms with Crippen LogP contribution < -0.4 is 5.32 Å². The summed E-state index contributed by atoms with van der Waals surface area (Å²) in [7, 11) is 0. The molecule has 1 heterocycles. The summed E-state index contributed by atoms with van der Waals surface area (Å²) in [6.45, 7) is 7.68. The first kappa shape index (κ1) is 15.5. The van der Waals surface area contributed by atoms with E-state index >= 15 is 0 Å². The van der Waals surface area contributed by atoms with Crippen LogP contribution in [0.25, 0.3) is 0 Å². The summed E-state index contributed by atoms with van der Waals surface area (Å²) < 4.78 is 0. The van der Waals surface area contributed by atoms with E-state index in [0.29, 0.717) is 5.92 Å². The Bertz CT molecular complexity index is 519. The van der Waals surface area contributed by atoms with E-state index in [1.54, 1.807) is 0 Å². The second kappa shape index (κ2) is 6.74. The van der Waals surface area contributed by atoms with Crippen molar-refractivity contribution in [2.75, 3.05) is 18.4 Å². The van der Waals surface area contributed by atoms with Crippen molar-refractivity contribution < 1.29 is 9.59 Å². The van der Waals surface area contributed by atoms with Crippen molar-refractivity contribution in [3.05, 3.63) is 29.3 Å². The molecule has 0 aromatic heterocycles. The van der Waals surface area contributed by atoms with Gasteiger partial charge in [0, 0.05) is 18.8 Å². The summed E-state index contributed by atoms with van der Waals surface area (Å²) in [5, 5.41) is 2.82. The van der Waals surface area contributed by atoms with Crippen LogP contribution in [0.5, 0.6) is 0 Å². The van der Waals surface area contributed by atoms with E-state index in [1.807, 2.05) is 30.9 Å². The highest BCUT2D eigenvalue weighted by atomic mass is 16.2. The predicted octanol–water partition coefficient (Wildman–Crippen LogP) is 2.89. The van der Waals surface area contributed by atoms with Crippen molar-refractivity contribution in [2.24, 2.45) is 5.92 Å². The smallest absolute Gasteiger partial charge is 0.233 e. The Kier molecular flexibility index (Phi) is 4.99. The van der Waals surface area contributed by atoms with E-state index in [4.69, 9.17) is 0 Å². The van der Waals surface area contributed by atoms with Crippen LogP contribution in [-0.4, -0.2) is 29.8 Å². The number of benzene rings is 1. The number of nitrogens with one attached hydrogen (secondary N) is 1. The van der Waals surface area contributed by atoms with Crippen LogP contribution in [0, 0.1) is 19.8 Å². The third kappa shape index (κ3) is 4.59. The Hall–Kier alpha value is -1.84. The normalized spacial score (nSPS) is 18.4. The quantitative estimate of drug-likeness (QED) is 0.869. The highest BCUT2D eigenvalue weighted by Crippen LogP contribution is 2.17. The minimum atomic E-state index is -0.233. The largest absolute Gasteiger partial charge is 0.342 e. The molecule has 1 N–H and O–H groups in total. The molecular weight excluding hydrogens is 264 g/mol. The molecule has 1 aromatic carbocycles. The Morgan fingerprint density at radius 2 is 1.90 bits per heavy atom. The van der Waals surface area contributed by atoms with Gasteiger partial charge in [-0.2, -0.15) is 0 Å². The predicted molar refractivity (Wildman–Crippen MR) is 84.1 cm³/mol. The lowest BCUT2D eigenvalue weighted by molar-refractivity contribution is -0.136. The van der Waals surface area contributed by atoms with Crippen molar-refractivity contribution in [1.82, 2.24) is 4.90 Å². The molecule has 4 heteroatoms. The van der Waals surface area contributed by atoms with Crippen LogP contribution in [0.15, 0.2) is 18.2 Å². The lowest BCUT2D eigenvalue weighted by Gasteiger charge is -2.30. The molecule has 2 rings (SSSR count). The number of carbonyl (C=O) groups is 2. The van der Waals surface area contributed by atoms with Crippen LogP contribution in [-0.2, 0) is 9.59 Å². The third-order valence-electron chi connectivity index (χ3n) is 3.83. The zero-order valence-corrected chi connectivity index (χ0v) is 13.1. The molecule has 1 unspecified atom stereocenters. The van der Waals surface area contributed by atoms with Gasteiger partial charge in [0.25, 0.3) is 0 Å². The highest BCUT2D eigenvalue weighted by Gasteiger charge is 2.22. The standard InChI is InChI=1S/C17H24N2O2/c1-12-5-4-6-19(11-12)17(21)10-16(20)18-15-8-13(2)7-14(3)9-15/h7-9,12H,4-6,10-11H2,1-3H3,(H,18,20). The first-order valence-corrected chi connectivity index (χ1v) is 7.60. The highest BCUT2D eigenvalue weighted by molar-refractivity contribution is 6.03. The first-order valence-electron chi connectivity index (χ1n) is 7.60. The fourth-order valence-corrected chi connectivity index (χ4v) is 2.92. The SMILES string of the molecule is Cc1cc(C)cc(NC(=O)CC(=O)N2CCCC(C)C2)c1. The molecule has 1 aliphatic heterocycles. The molecule has 0 bridgehead atoms. The van der Waals surface area contributed by atoms with Crippen molar-refractivity contribution in [3.63, 3.8) is 0 Å². The van der Waals surface area contributed by atoms with E-state index in [-0.39, 0.29) is 18.2 Å². The van der Waals surface area contributed by atoms with E-state index in [0.717, 1.165) is 36.3 Å². The maximum atomic E-state index is 12.1. The zero-order chi connectivity index (χ0) is 15.4. The van der Waals surface area contributed by atoms with Gasteiger partial charge in [-0.1, -0.05) is 13.0 Å². The molecule has 1 aromatic rings. The van der Waals surface area contributed by atoms with Gasteiger partial charge in [0.1, 0.15) is 6.42 Å². The van der Waals surface area contributed by atoms with Gasteiger partial charge in [0.2, 0.25) is 11.8 Å². The fourth-order valence-electron chi connectivity index (χ4n) is 2.92. The molecule has 0 spiro atoms. The molecule has 21 heavy (non-hydrogen) atoms. The van der Waals surface area contributed by atoms with Gasteiger partial charge in [0.05, 0.1) is 0 Å². The monoisotopic (exact) mass is 288 g/mol. The van der Waals surface area contributed by atoms with E-state index in [1.165, 1.54) is 6.42 Å². The van der Waals surface area contributed by atoms with Gasteiger partial charge in [-0.25, -0.2) is 0 Å². The number of rotatable bonds is 3. The molecule has 1 saturated heterocycles. The number of hydrogen-bond acceptors (Lipinski definition) is 2.